The first-order valence-corrected chi connectivity index (χ1v) is 14.9. The molecule has 0 aromatic carbocycles. The standard InChI is InChI=1S/C26H54NO5P/c1-3-4-5-6-7-8-9-10-11-12-13-14-15-16-17-18-19-20-21-26(30-25-28)24-32-33(29)31-23-22-27-2/h25-27,29H,3-24H2,1-2H3. The van der Waals surface area contributed by atoms with Crippen LogP contribution in [0, 0.1) is 0 Å². The summed E-state index contributed by atoms with van der Waals surface area (Å²) in [5.41, 5.74) is 0. The highest BCUT2D eigenvalue weighted by atomic mass is 31.2. The van der Waals surface area contributed by atoms with Crippen LogP contribution >= 0.6 is 8.60 Å². The molecule has 0 aliphatic carbocycles. The number of hydrogen-bond donors (Lipinski definition) is 2. The van der Waals surface area contributed by atoms with Gasteiger partial charge in [0.05, 0.1) is 13.2 Å². The Morgan fingerprint density at radius 2 is 1.21 bits per heavy atom. The van der Waals surface area contributed by atoms with Gasteiger partial charge in [0.15, 0.2) is 0 Å². The molecule has 2 atom stereocenters. The van der Waals surface area contributed by atoms with E-state index in [0.717, 1.165) is 19.3 Å². The average molecular weight is 492 g/mol. The van der Waals surface area contributed by atoms with Crippen LogP contribution in [0.5, 0.6) is 0 Å². The van der Waals surface area contributed by atoms with Crippen LogP contribution in [0.1, 0.15) is 129 Å². The highest BCUT2D eigenvalue weighted by Gasteiger charge is 2.14. The Morgan fingerprint density at radius 1 is 0.758 bits per heavy atom. The van der Waals surface area contributed by atoms with Gasteiger partial charge >= 0.3 is 8.60 Å². The van der Waals surface area contributed by atoms with E-state index in [9.17, 15) is 9.69 Å². The van der Waals surface area contributed by atoms with Crippen LogP contribution in [-0.4, -0.2) is 44.3 Å². The molecule has 0 amide bonds. The van der Waals surface area contributed by atoms with Gasteiger partial charge in [-0.15, -0.1) is 0 Å². The Bertz CT molecular complexity index is 390. The zero-order valence-electron chi connectivity index (χ0n) is 21.7. The van der Waals surface area contributed by atoms with Gasteiger partial charge in [-0.25, -0.2) is 0 Å². The average Bonchev–Trinajstić information content (AvgIpc) is 2.81. The van der Waals surface area contributed by atoms with Crippen molar-refractivity contribution in [3.63, 3.8) is 0 Å². The molecule has 2 N–H and O–H groups in total. The van der Waals surface area contributed by atoms with Crippen molar-refractivity contribution in [3.8, 4) is 0 Å². The lowest BCUT2D eigenvalue weighted by molar-refractivity contribution is -0.135. The monoisotopic (exact) mass is 491 g/mol. The maximum atomic E-state index is 10.7. The number of ether oxygens (including phenoxy) is 1. The van der Waals surface area contributed by atoms with Crippen molar-refractivity contribution in [2.75, 3.05) is 26.8 Å². The summed E-state index contributed by atoms with van der Waals surface area (Å²) in [6.07, 6.45) is 24.8. The molecule has 0 aromatic heterocycles. The molecule has 0 rings (SSSR count). The van der Waals surface area contributed by atoms with Gasteiger partial charge in [0.1, 0.15) is 6.10 Å². The molecular weight excluding hydrogens is 437 g/mol. The van der Waals surface area contributed by atoms with Crippen LogP contribution in [0.15, 0.2) is 0 Å². The molecule has 6 nitrogen and oxygen atoms in total. The number of hydrogen-bond acceptors (Lipinski definition) is 6. The molecule has 0 heterocycles. The topological polar surface area (TPSA) is 77.0 Å². The second-order valence-electron chi connectivity index (χ2n) is 9.12. The van der Waals surface area contributed by atoms with E-state index in [-0.39, 0.29) is 12.7 Å². The minimum absolute atomic E-state index is 0.180. The first kappa shape index (κ1) is 32.7. The van der Waals surface area contributed by atoms with Crippen LogP contribution in [0.25, 0.3) is 0 Å². The normalized spacial score (nSPS) is 13.2. The third-order valence-electron chi connectivity index (χ3n) is 6.05. The Labute approximate surface area is 205 Å². The largest absolute Gasteiger partial charge is 0.462 e. The van der Waals surface area contributed by atoms with E-state index in [1.807, 2.05) is 7.05 Å². The first-order valence-electron chi connectivity index (χ1n) is 13.7. The van der Waals surface area contributed by atoms with Crippen molar-refractivity contribution in [3.05, 3.63) is 0 Å². The lowest BCUT2D eigenvalue weighted by Gasteiger charge is -2.17. The minimum Gasteiger partial charge on any atom is -0.462 e. The van der Waals surface area contributed by atoms with Crippen LogP contribution in [0.2, 0.25) is 0 Å². The summed E-state index contributed by atoms with van der Waals surface area (Å²) in [5.74, 6) is 0. The Kier molecular flexibility index (Phi) is 27.8. The summed E-state index contributed by atoms with van der Waals surface area (Å²) in [4.78, 5) is 20.4. The summed E-state index contributed by atoms with van der Waals surface area (Å²) in [6.45, 7) is 3.96. The third-order valence-corrected chi connectivity index (χ3v) is 6.83. The van der Waals surface area contributed by atoms with Gasteiger partial charge in [0, 0.05) is 6.54 Å². The Hall–Kier alpha value is -0.260. The van der Waals surface area contributed by atoms with Gasteiger partial charge in [0.2, 0.25) is 0 Å². The zero-order chi connectivity index (χ0) is 24.2. The van der Waals surface area contributed by atoms with Crippen LogP contribution in [0.3, 0.4) is 0 Å². The fourth-order valence-electron chi connectivity index (χ4n) is 3.95. The van der Waals surface area contributed by atoms with Crippen LogP contribution < -0.4 is 5.32 Å². The molecule has 33 heavy (non-hydrogen) atoms. The minimum atomic E-state index is -1.91. The highest BCUT2D eigenvalue weighted by molar-refractivity contribution is 7.40. The van der Waals surface area contributed by atoms with E-state index in [4.69, 9.17) is 13.8 Å². The maximum absolute atomic E-state index is 10.7. The quantitative estimate of drug-likeness (QED) is 0.0673. The van der Waals surface area contributed by atoms with Gasteiger partial charge in [-0.05, 0) is 19.9 Å². The number of nitrogens with one attached hydrogen (secondary N) is 1. The van der Waals surface area contributed by atoms with E-state index < -0.39 is 8.60 Å². The lowest BCUT2D eigenvalue weighted by Crippen LogP contribution is -2.19. The van der Waals surface area contributed by atoms with Gasteiger partial charge in [-0.1, -0.05) is 116 Å². The summed E-state index contributed by atoms with van der Waals surface area (Å²) in [6, 6.07) is 0. The van der Waals surface area contributed by atoms with Crippen LogP contribution in [-0.2, 0) is 18.6 Å². The molecule has 2 unspecified atom stereocenters. The molecule has 198 valence electrons. The molecule has 0 aliphatic rings. The molecule has 0 saturated heterocycles. The van der Waals surface area contributed by atoms with Crippen molar-refractivity contribution in [2.24, 2.45) is 0 Å². The molecule has 0 bridgehead atoms. The van der Waals surface area contributed by atoms with E-state index in [0.29, 0.717) is 19.6 Å². The van der Waals surface area contributed by atoms with E-state index in [1.54, 1.807) is 0 Å². The number of carbonyl (C=O) groups excluding carboxylic acids is 1. The molecule has 0 saturated carbocycles. The van der Waals surface area contributed by atoms with Gasteiger partial charge in [-0.2, -0.15) is 0 Å². The fourth-order valence-corrected chi connectivity index (χ4v) is 4.57. The SMILES string of the molecule is CCCCCCCCCCCCCCCCCCCCC(COP(O)OCCNC)OC=O. The maximum Gasteiger partial charge on any atom is 0.330 e. The lowest BCUT2D eigenvalue weighted by atomic mass is 10.0. The van der Waals surface area contributed by atoms with E-state index in [1.165, 1.54) is 103 Å². The number of rotatable bonds is 28. The molecular formula is C26H54NO5P. The van der Waals surface area contributed by atoms with Crippen molar-refractivity contribution >= 4 is 15.1 Å². The second kappa shape index (κ2) is 28.0. The van der Waals surface area contributed by atoms with Crippen molar-refractivity contribution in [1.82, 2.24) is 5.32 Å². The molecule has 7 heteroatoms. The van der Waals surface area contributed by atoms with E-state index in [2.05, 4.69) is 12.2 Å². The molecule has 0 fully saturated rings. The molecule has 0 spiro atoms. The molecule has 0 aromatic rings. The van der Waals surface area contributed by atoms with Gasteiger partial charge in [0.25, 0.3) is 6.47 Å². The summed E-state index contributed by atoms with van der Waals surface area (Å²) in [5, 5.41) is 2.93. The van der Waals surface area contributed by atoms with Gasteiger partial charge in [-0.3, -0.25) is 4.79 Å². The van der Waals surface area contributed by atoms with Crippen molar-refractivity contribution in [2.45, 2.75) is 135 Å². The molecule has 0 aliphatic heterocycles. The van der Waals surface area contributed by atoms with Crippen molar-refractivity contribution < 1.29 is 23.5 Å². The second-order valence-corrected chi connectivity index (χ2v) is 10.1. The number of carbonyl (C=O) groups is 1. The van der Waals surface area contributed by atoms with Crippen LogP contribution in [0.4, 0.5) is 0 Å². The number of unbranched alkanes of at least 4 members (excludes halogenated alkanes) is 17. The van der Waals surface area contributed by atoms with Gasteiger partial charge < -0.3 is 24.0 Å². The van der Waals surface area contributed by atoms with Crippen molar-refractivity contribution in [1.29, 1.82) is 0 Å². The predicted octanol–water partition coefficient (Wildman–Crippen LogP) is 7.43. The number of likely N-dealkylation sites (N-methyl/N-ethyl adjacent to an activating group) is 1. The summed E-state index contributed by atoms with van der Waals surface area (Å²) in [7, 11) is -0.0954. The Balaban J connectivity index is 3.39. The molecule has 0 radical (unpaired) electrons. The Morgan fingerprint density at radius 3 is 1.64 bits per heavy atom. The van der Waals surface area contributed by atoms with E-state index >= 15 is 0 Å². The third kappa shape index (κ3) is 26.2. The predicted molar refractivity (Wildman–Crippen MR) is 139 cm³/mol. The summed E-state index contributed by atoms with van der Waals surface area (Å²) >= 11 is 0. The highest BCUT2D eigenvalue weighted by Crippen LogP contribution is 2.32. The first-order chi connectivity index (χ1) is 16.2. The summed E-state index contributed by atoms with van der Waals surface area (Å²) < 4.78 is 15.5. The smallest absolute Gasteiger partial charge is 0.330 e. The zero-order valence-corrected chi connectivity index (χ0v) is 22.6. The fraction of sp³-hybridized carbons (Fsp3) is 0.962.